The van der Waals surface area contributed by atoms with E-state index in [1.807, 2.05) is 60.7 Å². The fourth-order valence-electron chi connectivity index (χ4n) is 1.70. The molecule has 0 radical (unpaired) electrons. The molecule has 2 aromatic carbocycles. The fourth-order valence-corrected chi connectivity index (χ4v) is 7.49. The number of carbonyl (C=O) groups excluding carboxylic acids is 1. The van der Waals surface area contributed by atoms with Crippen LogP contribution in [-0.4, -0.2) is 11.7 Å². The van der Waals surface area contributed by atoms with E-state index in [9.17, 15) is 4.79 Å². The zero-order chi connectivity index (χ0) is 13.7. The van der Waals surface area contributed by atoms with Crippen molar-refractivity contribution in [2.45, 2.75) is 0 Å². The third-order valence-corrected chi connectivity index (χ3v) is 10.3. The zero-order valence-corrected chi connectivity index (χ0v) is 12.8. The van der Waals surface area contributed by atoms with Crippen LogP contribution in [0.25, 0.3) is 0 Å². The van der Waals surface area contributed by atoms with E-state index in [0.717, 1.165) is 10.6 Å². The number of hydrogen-bond acceptors (Lipinski definition) is 3. The van der Waals surface area contributed by atoms with E-state index >= 15 is 0 Å². The predicted octanol–water partition coefficient (Wildman–Crippen LogP) is 2.25. The fraction of sp³-hybridized carbons (Fsp3) is 0.0714. The Labute approximate surface area is 122 Å². The van der Waals surface area contributed by atoms with Crippen molar-refractivity contribution in [1.82, 2.24) is 0 Å². The van der Waals surface area contributed by atoms with Crippen molar-refractivity contribution in [3.8, 4) is 0 Å². The highest BCUT2D eigenvalue weighted by Gasteiger charge is 2.23. The number of carbonyl (C=O) groups is 1. The first-order chi connectivity index (χ1) is 9.13. The molecule has 2 rings (SSSR count). The van der Waals surface area contributed by atoms with Gasteiger partial charge in [0.25, 0.3) is 0 Å². The van der Waals surface area contributed by atoms with E-state index in [-0.39, 0.29) is 11.7 Å². The Morgan fingerprint density at radius 3 is 1.79 bits per heavy atom. The average molecular weight is 307 g/mol. The minimum Gasteiger partial charge on any atom is -0.369 e. The van der Waals surface area contributed by atoms with Gasteiger partial charge in [-0.2, -0.15) is 0 Å². The second-order valence-electron chi connectivity index (χ2n) is 3.96. The largest absolute Gasteiger partial charge is 0.369 e. The summed E-state index contributed by atoms with van der Waals surface area (Å²) in [6, 6.07) is 20.0. The summed E-state index contributed by atoms with van der Waals surface area (Å²) in [7, 11) is 0. The van der Waals surface area contributed by atoms with Gasteiger partial charge in [-0.15, -0.1) is 11.4 Å². The number of benzene rings is 2. The molecule has 0 aliphatic carbocycles. The molecule has 19 heavy (non-hydrogen) atoms. The average Bonchev–Trinajstić information content (AvgIpc) is 2.46. The summed E-state index contributed by atoms with van der Waals surface area (Å²) in [6.07, 6.45) is 0. The van der Waals surface area contributed by atoms with Crippen molar-refractivity contribution in [3.63, 3.8) is 0 Å². The molecule has 2 nitrogen and oxygen atoms in total. The standard InChI is InChI=1S/C14H14NOPS2/c15-14(16)11-19-17(18,12-7-3-1-4-8-12)13-9-5-2-6-10-13/h1-10H,11H2,(H2,15,16). The molecule has 2 aromatic rings. The Morgan fingerprint density at radius 2 is 1.42 bits per heavy atom. The Kier molecular flexibility index (Phi) is 4.81. The Morgan fingerprint density at radius 1 is 1.00 bits per heavy atom. The number of nitrogens with two attached hydrogens (primary N) is 1. The van der Waals surface area contributed by atoms with Crippen molar-refractivity contribution in [2.24, 2.45) is 5.73 Å². The quantitative estimate of drug-likeness (QED) is 0.862. The molecule has 98 valence electrons. The number of primary amides is 1. The van der Waals surface area contributed by atoms with Gasteiger partial charge in [-0.1, -0.05) is 72.5 Å². The van der Waals surface area contributed by atoms with E-state index < -0.39 is 5.24 Å². The summed E-state index contributed by atoms with van der Waals surface area (Å²) in [5, 5.41) is 0.170. The lowest BCUT2D eigenvalue weighted by Gasteiger charge is -2.21. The molecule has 0 spiro atoms. The molecule has 0 aromatic heterocycles. The van der Waals surface area contributed by atoms with Crippen LogP contribution in [0.1, 0.15) is 0 Å². The van der Waals surface area contributed by atoms with Gasteiger partial charge in [-0.05, 0) is 10.6 Å². The van der Waals surface area contributed by atoms with Gasteiger partial charge in [0, 0.05) is 0 Å². The molecule has 0 saturated carbocycles. The van der Waals surface area contributed by atoms with Crippen LogP contribution < -0.4 is 16.3 Å². The van der Waals surface area contributed by atoms with Crippen LogP contribution in [-0.2, 0) is 16.6 Å². The summed E-state index contributed by atoms with van der Waals surface area (Å²) < 4.78 is 0. The molecular formula is C14H14NOPS2. The Hall–Kier alpha value is -1.09. The van der Waals surface area contributed by atoms with Gasteiger partial charge in [0.05, 0.1) is 11.0 Å². The minimum absolute atomic E-state index is 0.251. The van der Waals surface area contributed by atoms with Gasteiger partial charge < -0.3 is 5.73 Å². The van der Waals surface area contributed by atoms with Crippen molar-refractivity contribution in [2.75, 3.05) is 5.75 Å². The molecule has 0 heterocycles. The number of rotatable bonds is 5. The molecule has 5 heteroatoms. The van der Waals surface area contributed by atoms with E-state index in [2.05, 4.69) is 0 Å². The topological polar surface area (TPSA) is 43.1 Å². The molecule has 1 amide bonds. The summed E-state index contributed by atoms with van der Waals surface area (Å²) in [5.74, 6) is -0.0766. The van der Waals surface area contributed by atoms with E-state index in [4.69, 9.17) is 17.5 Å². The predicted molar refractivity (Wildman–Crippen MR) is 88.1 cm³/mol. The van der Waals surface area contributed by atoms with E-state index in [1.54, 1.807) is 0 Å². The van der Waals surface area contributed by atoms with Gasteiger partial charge in [-0.25, -0.2) is 0 Å². The van der Waals surface area contributed by atoms with Crippen molar-refractivity contribution in [1.29, 1.82) is 0 Å². The molecule has 0 bridgehead atoms. The first kappa shape index (κ1) is 14.3. The van der Waals surface area contributed by atoms with Gasteiger partial charge >= 0.3 is 0 Å². The SMILES string of the molecule is NC(=O)CSP(=S)(c1ccccc1)c1ccccc1. The minimum atomic E-state index is -2.03. The lowest BCUT2D eigenvalue weighted by molar-refractivity contribution is -0.115. The summed E-state index contributed by atoms with van der Waals surface area (Å²) >= 11 is 7.41. The normalized spacial score (nSPS) is 11.2. The monoisotopic (exact) mass is 307 g/mol. The first-order valence-corrected chi connectivity index (χ1v) is 10.2. The number of hydrogen-bond donors (Lipinski definition) is 1. The Bertz CT molecular complexity index is 558. The third-order valence-electron chi connectivity index (χ3n) is 2.58. The maximum atomic E-state index is 11.1. The lowest BCUT2D eigenvalue weighted by Crippen LogP contribution is -2.18. The van der Waals surface area contributed by atoms with Crippen LogP contribution in [0.3, 0.4) is 0 Å². The van der Waals surface area contributed by atoms with Gasteiger partial charge in [-0.3, -0.25) is 4.79 Å². The Balaban J connectivity index is 2.45. The van der Waals surface area contributed by atoms with E-state index in [0.29, 0.717) is 0 Å². The maximum absolute atomic E-state index is 11.1. The molecule has 0 atom stereocenters. The molecule has 2 N–H and O–H groups in total. The zero-order valence-electron chi connectivity index (χ0n) is 10.2. The van der Waals surface area contributed by atoms with Gasteiger partial charge in [0.1, 0.15) is 0 Å². The molecular weight excluding hydrogens is 293 g/mol. The van der Waals surface area contributed by atoms with E-state index in [1.165, 1.54) is 11.4 Å². The third kappa shape index (κ3) is 3.47. The van der Waals surface area contributed by atoms with Crippen LogP contribution in [0, 0.1) is 0 Å². The summed E-state index contributed by atoms with van der Waals surface area (Å²) in [5.41, 5.74) is 5.27. The second kappa shape index (κ2) is 6.38. The molecule has 0 aliphatic heterocycles. The molecule has 0 saturated heterocycles. The first-order valence-electron chi connectivity index (χ1n) is 5.77. The van der Waals surface area contributed by atoms with Crippen LogP contribution in [0.2, 0.25) is 0 Å². The summed E-state index contributed by atoms with van der Waals surface area (Å²) in [6.45, 7) is 0. The molecule has 0 unspecified atom stereocenters. The van der Waals surface area contributed by atoms with Crippen molar-refractivity contribution < 1.29 is 4.79 Å². The lowest BCUT2D eigenvalue weighted by atomic mass is 10.4. The molecule has 0 fully saturated rings. The van der Waals surface area contributed by atoms with Crippen molar-refractivity contribution >= 4 is 44.9 Å². The molecule has 0 aliphatic rings. The number of amides is 1. The maximum Gasteiger partial charge on any atom is 0.227 e. The highest BCUT2D eigenvalue weighted by Crippen LogP contribution is 2.56. The summed E-state index contributed by atoms with van der Waals surface area (Å²) in [4.78, 5) is 11.1. The smallest absolute Gasteiger partial charge is 0.227 e. The van der Waals surface area contributed by atoms with Crippen LogP contribution in [0.4, 0.5) is 0 Å². The highest BCUT2D eigenvalue weighted by atomic mass is 32.9. The van der Waals surface area contributed by atoms with Gasteiger partial charge in [0.2, 0.25) is 5.91 Å². The second-order valence-corrected chi connectivity index (χ2v) is 11.4. The van der Waals surface area contributed by atoms with Crippen LogP contribution >= 0.6 is 16.6 Å². The van der Waals surface area contributed by atoms with Crippen molar-refractivity contribution in [3.05, 3.63) is 60.7 Å². The van der Waals surface area contributed by atoms with Crippen LogP contribution in [0.5, 0.6) is 0 Å². The highest BCUT2D eigenvalue weighted by molar-refractivity contribution is 8.75. The van der Waals surface area contributed by atoms with Gasteiger partial charge in [0.15, 0.2) is 0 Å². The van der Waals surface area contributed by atoms with Crippen LogP contribution in [0.15, 0.2) is 60.7 Å².